The molecule has 1 aromatic heterocycles. The first kappa shape index (κ1) is 15.1. The fourth-order valence-electron chi connectivity index (χ4n) is 0.807. The largest absolute Gasteiger partial charge is 0.248 e. The summed E-state index contributed by atoms with van der Waals surface area (Å²) in [4.78, 5) is 4.23. The molecule has 88 valence electrons. The molecular weight excluding hydrogens is 214 g/mol. The average molecular weight is 235 g/mol. The number of hydrogen-bond acceptors (Lipinski definition) is 2. The van der Waals surface area contributed by atoms with Crippen molar-refractivity contribution in [2.75, 3.05) is 6.26 Å². The first-order valence-electron chi connectivity index (χ1n) is 5.54. The molecule has 1 rings (SSSR count). The summed E-state index contributed by atoms with van der Waals surface area (Å²) in [5, 5.41) is 0. The lowest BCUT2D eigenvalue weighted by Crippen LogP contribution is -2.09. The van der Waals surface area contributed by atoms with E-state index < -0.39 is 0 Å². The molecule has 0 unspecified atom stereocenters. The summed E-state index contributed by atoms with van der Waals surface area (Å²) in [6.07, 6.45) is 3.91. The van der Waals surface area contributed by atoms with Gasteiger partial charge in [-0.1, -0.05) is 25.8 Å². The highest BCUT2D eigenvalue weighted by Gasteiger charge is 2.10. The monoisotopic (exact) mass is 235 g/mol. The Morgan fingerprint density at radius 1 is 1.25 bits per heavy atom. The van der Waals surface area contributed by atoms with E-state index in [1.807, 2.05) is 39.1 Å². The maximum atomic E-state index is 4.23. The third-order valence-electron chi connectivity index (χ3n) is 1.91. The Labute approximate surface area is 104 Å². The number of aryl methyl sites for hydroxylation is 1. The Morgan fingerprint density at radius 3 is 2.31 bits per heavy atom. The first-order chi connectivity index (χ1) is 7.53. The number of aromatic nitrogens is 1. The molecule has 0 aromatic carbocycles. The van der Waals surface area contributed by atoms with Crippen LogP contribution < -0.4 is 0 Å². The fourth-order valence-corrected chi connectivity index (χ4v) is 0.960. The lowest BCUT2D eigenvalue weighted by molar-refractivity contribution is 0.936. The van der Waals surface area contributed by atoms with Gasteiger partial charge in [0.1, 0.15) is 5.69 Å². The predicted octanol–water partition coefficient (Wildman–Crippen LogP) is 3.91. The minimum Gasteiger partial charge on any atom is -0.248 e. The fraction of sp³-hybridized carbons (Fsp3) is 0.500. The van der Waals surface area contributed by atoms with Gasteiger partial charge >= 0.3 is 0 Å². The van der Waals surface area contributed by atoms with E-state index in [4.69, 9.17) is 0 Å². The molecule has 0 aliphatic carbocycles. The van der Waals surface area contributed by atoms with Crippen molar-refractivity contribution in [3.05, 3.63) is 29.6 Å². The van der Waals surface area contributed by atoms with E-state index in [0.717, 1.165) is 5.69 Å². The molecular formula is C14H21NS. The van der Waals surface area contributed by atoms with Crippen molar-refractivity contribution in [2.24, 2.45) is 0 Å². The van der Waals surface area contributed by atoms with Crippen LogP contribution in [0.4, 0.5) is 0 Å². The molecule has 1 nitrogen and oxygen atoms in total. The number of nitrogens with zero attached hydrogens (tertiary/aromatic N) is 1. The van der Waals surface area contributed by atoms with Gasteiger partial charge in [-0.3, -0.25) is 0 Å². The molecule has 1 aromatic rings. The van der Waals surface area contributed by atoms with Gasteiger partial charge in [-0.2, -0.15) is 0 Å². The van der Waals surface area contributed by atoms with Gasteiger partial charge in [-0.25, -0.2) is 4.98 Å². The molecule has 0 N–H and O–H groups in total. The molecule has 0 saturated heterocycles. The van der Waals surface area contributed by atoms with Crippen LogP contribution in [0.15, 0.2) is 18.3 Å². The molecule has 0 spiro atoms. The summed E-state index contributed by atoms with van der Waals surface area (Å²) in [6.45, 7) is 10.2. The second-order valence-electron chi connectivity index (χ2n) is 3.69. The summed E-state index contributed by atoms with van der Waals surface area (Å²) in [7, 11) is 0. The van der Waals surface area contributed by atoms with Crippen LogP contribution in [0, 0.1) is 18.8 Å². The SMILES string of the molecule is CC.CSC(C)(C)C#Cc1ccc(C)cn1. The highest BCUT2D eigenvalue weighted by atomic mass is 32.2. The number of pyridine rings is 1. The van der Waals surface area contributed by atoms with Crippen LogP contribution in [0.3, 0.4) is 0 Å². The maximum Gasteiger partial charge on any atom is 0.113 e. The third kappa shape index (κ3) is 5.82. The summed E-state index contributed by atoms with van der Waals surface area (Å²) in [5.41, 5.74) is 2.01. The van der Waals surface area contributed by atoms with Crippen LogP contribution in [-0.4, -0.2) is 16.0 Å². The molecule has 0 fully saturated rings. The van der Waals surface area contributed by atoms with E-state index in [1.54, 1.807) is 11.8 Å². The molecule has 0 amide bonds. The second-order valence-corrected chi connectivity index (χ2v) is 5.11. The van der Waals surface area contributed by atoms with Crippen LogP contribution >= 0.6 is 11.8 Å². The number of thioether (sulfide) groups is 1. The summed E-state index contributed by atoms with van der Waals surface area (Å²) < 4.78 is 0.00651. The van der Waals surface area contributed by atoms with Gasteiger partial charge in [0.05, 0.1) is 4.75 Å². The van der Waals surface area contributed by atoms with Crippen molar-refractivity contribution in [1.29, 1.82) is 0 Å². The Balaban J connectivity index is 0.00000106. The summed E-state index contributed by atoms with van der Waals surface area (Å²) in [6, 6.07) is 3.99. The third-order valence-corrected chi connectivity index (χ3v) is 3.04. The smallest absolute Gasteiger partial charge is 0.113 e. The minimum absolute atomic E-state index is 0.00651. The van der Waals surface area contributed by atoms with Crippen molar-refractivity contribution in [3.8, 4) is 11.8 Å². The maximum absolute atomic E-state index is 4.23. The van der Waals surface area contributed by atoms with Crippen LogP contribution in [0.2, 0.25) is 0 Å². The summed E-state index contributed by atoms with van der Waals surface area (Å²) in [5.74, 6) is 6.28. The van der Waals surface area contributed by atoms with Gasteiger partial charge in [-0.05, 0) is 44.6 Å². The van der Waals surface area contributed by atoms with Crippen molar-refractivity contribution in [2.45, 2.75) is 39.4 Å². The van der Waals surface area contributed by atoms with Crippen molar-refractivity contribution in [3.63, 3.8) is 0 Å². The molecule has 0 radical (unpaired) electrons. The molecule has 16 heavy (non-hydrogen) atoms. The number of rotatable bonds is 1. The van der Waals surface area contributed by atoms with Crippen molar-refractivity contribution >= 4 is 11.8 Å². The molecule has 0 aliphatic rings. The van der Waals surface area contributed by atoms with E-state index in [-0.39, 0.29) is 4.75 Å². The standard InChI is InChI=1S/C12H15NS.C2H6/c1-10-5-6-11(13-9-10)7-8-12(2,3)14-4;1-2/h5-6,9H,1-4H3;1-2H3. The Morgan fingerprint density at radius 2 is 1.88 bits per heavy atom. The normalized spacial score (nSPS) is 9.62. The van der Waals surface area contributed by atoms with E-state index in [0.29, 0.717) is 0 Å². The zero-order valence-electron chi connectivity index (χ0n) is 11.1. The Bertz CT molecular complexity index is 355. The van der Waals surface area contributed by atoms with E-state index in [1.165, 1.54) is 5.56 Å². The lowest BCUT2D eigenvalue weighted by Gasteiger charge is -2.12. The van der Waals surface area contributed by atoms with Gasteiger partial charge < -0.3 is 0 Å². The number of hydrogen-bond donors (Lipinski definition) is 0. The van der Waals surface area contributed by atoms with E-state index in [9.17, 15) is 0 Å². The lowest BCUT2D eigenvalue weighted by atomic mass is 10.2. The molecule has 0 bridgehead atoms. The Kier molecular flexibility index (Phi) is 6.92. The zero-order chi connectivity index (χ0) is 12.6. The van der Waals surface area contributed by atoms with Crippen LogP contribution in [-0.2, 0) is 0 Å². The Hall–Kier alpha value is -0.940. The highest BCUT2D eigenvalue weighted by Crippen LogP contribution is 2.19. The summed E-state index contributed by atoms with van der Waals surface area (Å²) >= 11 is 1.75. The van der Waals surface area contributed by atoms with Gasteiger partial charge in [-0.15, -0.1) is 11.8 Å². The van der Waals surface area contributed by atoms with E-state index in [2.05, 4.69) is 36.9 Å². The van der Waals surface area contributed by atoms with Crippen molar-refractivity contribution < 1.29 is 0 Å². The van der Waals surface area contributed by atoms with Gasteiger partial charge in [0.2, 0.25) is 0 Å². The second kappa shape index (κ2) is 7.35. The van der Waals surface area contributed by atoms with Crippen molar-refractivity contribution in [1.82, 2.24) is 4.98 Å². The first-order valence-corrected chi connectivity index (χ1v) is 6.77. The van der Waals surface area contributed by atoms with Gasteiger partial charge in [0.25, 0.3) is 0 Å². The average Bonchev–Trinajstić information content (AvgIpc) is 2.31. The van der Waals surface area contributed by atoms with Crippen LogP contribution in [0.25, 0.3) is 0 Å². The molecule has 0 aliphatic heterocycles. The topological polar surface area (TPSA) is 12.9 Å². The quantitative estimate of drug-likeness (QED) is 0.685. The predicted molar refractivity (Wildman–Crippen MR) is 74.8 cm³/mol. The highest BCUT2D eigenvalue weighted by molar-refractivity contribution is 8.00. The molecule has 1 heterocycles. The minimum atomic E-state index is 0.00651. The zero-order valence-corrected chi connectivity index (χ0v) is 11.9. The van der Waals surface area contributed by atoms with Crippen LogP contribution in [0.5, 0.6) is 0 Å². The van der Waals surface area contributed by atoms with Gasteiger partial charge in [0.15, 0.2) is 0 Å². The molecule has 0 atom stereocenters. The molecule has 0 saturated carbocycles. The van der Waals surface area contributed by atoms with E-state index >= 15 is 0 Å². The van der Waals surface area contributed by atoms with Crippen LogP contribution in [0.1, 0.15) is 39.0 Å². The van der Waals surface area contributed by atoms with Gasteiger partial charge in [0, 0.05) is 6.20 Å². The molecule has 2 heteroatoms.